The van der Waals surface area contributed by atoms with E-state index in [-0.39, 0.29) is 5.91 Å². The van der Waals surface area contributed by atoms with Crippen molar-refractivity contribution in [3.63, 3.8) is 0 Å². The van der Waals surface area contributed by atoms with Gasteiger partial charge in [-0.1, -0.05) is 36.4 Å². The molecule has 0 aliphatic rings. The number of halogens is 1. The predicted molar refractivity (Wildman–Crippen MR) is 105 cm³/mol. The average molecular weight is 364 g/mol. The van der Waals surface area contributed by atoms with Gasteiger partial charge < -0.3 is 4.90 Å². The molecular weight excluding hydrogens is 346 g/mol. The largest absolute Gasteiger partial charge is 0.312 e. The van der Waals surface area contributed by atoms with Crippen LogP contribution in [0, 0.1) is 0 Å². The number of likely N-dealkylation sites (N-methyl/N-ethyl adjacent to an activating group) is 1. The van der Waals surface area contributed by atoms with E-state index >= 15 is 0 Å². The van der Waals surface area contributed by atoms with Gasteiger partial charge in [0.25, 0.3) is 0 Å². The van der Waals surface area contributed by atoms with Gasteiger partial charge >= 0.3 is 0 Å². The van der Waals surface area contributed by atoms with Crippen molar-refractivity contribution in [2.24, 2.45) is 0 Å². The summed E-state index contributed by atoms with van der Waals surface area (Å²) in [6.45, 7) is 3.52. The Labute approximate surface area is 157 Å². The third kappa shape index (κ3) is 4.16. The standard InChI is InChI=1S/C21H18ClN3O/c1-3-21(26)25(2)18-8-4-7-17(13-18)19-11-16(12-20(22)24-19)10-15-6-5-9-23-14-15/h3-9,11-14H,1,10H2,2H3. The van der Waals surface area contributed by atoms with Crippen LogP contribution in [-0.4, -0.2) is 22.9 Å². The zero-order valence-electron chi connectivity index (χ0n) is 14.4. The minimum Gasteiger partial charge on any atom is -0.312 e. The number of pyridine rings is 2. The quantitative estimate of drug-likeness (QED) is 0.494. The van der Waals surface area contributed by atoms with Gasteiger partial charge in [0.2, 0.25) is 5.91 Å². The summed E-state index contributed by atoms with van der Waals surface area (Å²) < 4.78 is 0. The summed E-state index contributed by atoms with van der Waals surface area (Å²) in [5, 5.41) is 0.433. The van der Waals surface area contributed by atoms with E-state index < -0.39 is 0 Å². The van der Waals surface area contributed by atoms with Gasteiger partial charge in [-0.15, -0.1) is 0 Å². The van der Waals surface area contributed by atoms with Gasteiger partial charge in [-0.2, -0.15) is 0 Å². The van der Waals surface area contributed by atoms with Gasteiger partial charge in [-0.25, -0.2) is 4.98 Å². The Morgan fingerprint density at radius 2 is 2.04 bits per heavy atom. The van der Waals surface area contributed by atoms with Crippen molar-refractivity contribution in [1.82, 2.24) is 9.97 Å². The van der Waals surface area contributed by atoms with Gasteiger partial charge in [-0.3, -0.25) is 9.78 Å². The first-order chi connectivity index (χ1) is 12.6. The molecule has 0 radical (unpaired) electrons. The van der Waals surface area contributed by atoms with Crippen molar-refractivity contribution < 1.29 is 4.79 Å². The third-order valence-corrected chi connectivity index (χ3v) is 4.21. The highest BCUT2D eigenvalue weighted by molar-refractivity contribution is 6.29. The summed E-state index contributed by atoms with van der Waals surface area (Å²) >= 11 is 6.24. The minimum absolute atomic E-state index is 0.168. The maximum atomic E-state index is 11.8. The second-order valence-corrected chi connectivity index (χ2v) is 6.26. The van der Waals surface area contributed by atoms with Gasteiger partial charge in [-0.05, 0) is 54.0 Å². The molecule has 0 saturated heterocycles. The Morgan fingerprint density at radius 1 is 1.19 bits per heavy atom. The van der Waals surface area contributed by atoms with Crippen LogP contribution in [0.1, 0.15) is 11.1 Å². The number of anilines is 1. The molecule has 4 nitrogen and oxygen atoms in total. The molecular formula is C21H18ClN3O. The van der Waals surface area contributed by atoms with Crippen molar-refractivity contribution in [2.45, 2.75) is 6.42 Å². The molecule has 0 bridgehead atoms. The topological polar surface area (TPSA) is 46.1 Å². The molecule has 0 N–H and O–H groups in total. The zero-order chi connectivity index (χ0) is 18.5. The first-order valence-electron chi connectivity index (χ1n) is 8.13. The van der Waals surface area contributed by atoms with Crippen molar-refractivity contribution >= 4 is 23.2 Å². The van der Waals surface area contributed by atoms with Crippen molar-refractivity contribution in [2.75, 3.05) is 11.9 Å². The number of hydrogen-bond donors (Lipinski definition) is 0. The molecule has 3 rings (SSSR count). The van der Waals surface area contributed by atoms with Crippen LogP contribution < -0.4 is 4.90 Å². The van der Waals surface area contributed by atoms with Gasteiger partial charge in [0, 0.05) is 30.7 Å². The summed E-state index contributed by atoms with van der Waals surface area (Å²) in [5.74, 6) is -0.168. The van der Waals surface area contributed by atoms with E-state index in [9.17, 15) is 4.79 Å². The Balaban J connectivity index is 1.94. The molecule has 0 aliphatic heterocycles. The van der Waals surface area contributed by atoms with Crippen molar-refractivity contribution in [1.29, 1.82) is 0 Å². The molecule has 5 heteroatoms. The molecule has 3 aromatic rings. The molecule has 0 atom stereocenters. The van der Waals surface area contributed by atoms with Gasteiger partial charge in [0.05, 0.1) is 5.69 Å². The first-order valence-corrected chi connectivity index (χ1v) is 8.50. The van der Waals surface area contributed by atoms with E-state index in [1.165, 1.54) is 11.0 Å². The van der Waals surface area contributed by atoms with Gasteiger partial charge in [0.1, 0.15) is 5.15 Å². The van der Waals surface area contributed by atoms with Crippen LogP contribution in [0.15, 0.2) is 73.6 Å². The lowest BCUT2D eigenvalue weighted by atomic mass is 10.0. The Kier molecular flexibility index (Phi) is 5.44. The summed E-state index contributed by atoms with van der Waals surface area (Å²) in [6, 6.07) is 15.4. The van der Waals surface area contributed by atoms with E-state index in [2.05, 4.69) is 16.5 Å². The molecule has 1 amide bonds. The molecule has 26 heavy (non-hydrogen) atoms. The SMILES string of the molecule is C=CC(=O)N(C)c1cccc(-c2cc(Cc3cccnc3)cc(Cl)n2)c1. The molecule has 2 aromatic heterocycles. The van der Waals surface area contributed by atoms with E-state index in [1.54, 1.807) is 13.2 Å². The maximum absolute atomic E-state index is 11.8. The molecule has 2 heterocycles. The number of amides is 1. The van der Waals surface area contributed by atoms with E-state index in [0.717, 1.165) is 34.5 Å². The molecule has 130 valence electrons. The number of nitrogens with zero attached hydrogens (tertiary/aromatic N) is 3. The number of aromatic nitrogens is 2. The number of benzene rings is 1. The van der Waals surface area contributed by atoms with Crippen LogP contribution in [-0.2, 0) is 11.2 Å². The molecule has 1 aromatic carbocycles. The van der Waals surface area contributed by atoms with Crippen LogP contribution in [0.2, 0.25) is 5.15 Å². The monoisotopic (exact) mass is 363 g/mol. The molecule has 0 aliphatic carbocycles. The fourth-order valence-electron chi connectivity index (χ4n) is 2.68. The highest BCUT2D eigenvalue weighted by Crippen LogP contribution is 2.26. The second-order valence-electron chi connectivity index (χ2n) is 5.87. The normalized spacial score (nSPS) is 10.4. The van der Waals surface area contributed by atoms with Crippen LogP contribution in [0.4, 0.5) is 5.69 Å². The molecule has 0 fully saturated rings. The highest BCUT2D eigenvalue weighted by Gasteiger charge is 2.10. The van der Waals surface area contributed by atoms with Crippen LogP contribution in [0.3, 0.4) is 0 Å². The number of rotatable bonds is 5. The van der Waals surface area contributed by atoms with Crippen molar-refractivity contribution in [3.05, 3.63) is 89.9 Å². The Hall–Kier alpha value is -2.98. The fraction of sp³-hybridized carbons (Fsp3) is 0.0952. The minimum atomic E-state index is -0.168. The number of carbonyl (C=O) groups is 1. The first kappa shape index (κ1) is 17.8. The second kappa shape index (κ2) is 7.93. The summed E-state index contributed by atoms with van der Waals surface area (Å²) in [6.07, 6.45) is 5.60. The highest BCUT2D eigenvalue weighted by atomic mass is 35.5. The van der Waals surface area contributed by atoms with E-state index in [4.69, 9.17) is 11.6 Å². The smallest absolute Gasteiger partial charge is 0.250 e. The summed E-state index contributed by atoms with van der Waals surface area (Å²) in [5.41, 5.74) is 4.57. The maximum Gasteiger partial charge on any atom is 0.250 e. The number of hydrogen-bond acceptors (Lipinski definition) is 3. The Bertz CT molecular complexity index is 941. The Morgan fingerprint density at radius 3 is 2.77 bits per heavy atom. The summed E-state index contributed by atoms with van der Waals surface area (Å²) in [4.78, 5) is 22.0. The van der Waals surface area contributed by atoms with Crippen LogP contribution >= 0.6 is 11.6 Å². The average Bonchev–Trinajstić information content (AvgIpc) is 2.67. The van der Waals surface area contributed by atoms with Crippen molar-refractivity contribution in [3.8, 4) is 11.3 Å². The predicted octanol–water partition coefficient (Wildman–Crippen LogP) is 4.54. The van der Waals surface area contributed by atoms with Crippen LogP contribution in [0.25, 0.3) is 11.3 Å². The van der Waals surface area contributed by atoms with Crippen LogP contribution in [0.5, 0.6) is 0 Å². The molecule has 0 saturated carbocycles. The summed E-state index contributed by atoms with van der Waals surface area (Å²) in [7, 11) is 1.71. The lowest BCUT2D eigenvalue weighted by Gasteiger charge is -2.16. The zero-order valence-corrected chi connectivity index (χ0v) is 15.1. The fourth-order valence-corrected chi connectivity index (χ4v) is 2.91. The molecule has 0 spiro atoms. The third-order valence-electron chi connectivity index (χ3n) is 4.02. The lowest BCUT2D eigenvalue weighted by molar-refractivity contribution is -0.113. The van der Waals surface area contributed by atoms with E-state index in [0.29, 0.717) is 5.15 Å². The van der Waals surface area contributed by atoms with E-state index in [1.807, 2.05) is 54.7 Å². The molecule has 0 unspecified atom stereocenters. The lowest BCUT2D eigenvalue weighted by Crippen LogP contribution is -2.23. The van der Waals surface area contributed by atoms with Gasteiger partial charge in [0.15, 0.2) is 0 Å². The number of carbonyl (C=O) groups excluding carboxylic acids is 1.